The summed E-state index contributed by atoms with van der Waals surface area (Å²) in [5, 5.41) is 1.58. The summed E-state index contributed by atoms with van der Waals surface area (Å²) in [6.45, 7) is 12.0. The number of esters is 1. The molecule has 0 fully saturated rings. The predicted molar refractivity (Wildman–Crippen MR) is 136 cm³/mol. The number of rotatable bonds is 9. The molecule has 0 bridgehead atoms. The van der Waals surface area contributed by atoms with E-state index >= 15 is 0 Å². The van der Waals surface area contributed by atoms with E-state index in [4.69, 9.17) is 16.3 Å². The summed E-state index contributed by atoms with van der Waals surface area (Å²) in [5.41, 5.74) is 4.89. The van der Waals surface area contributed by atoms with Crippen LogP contribution in [0.25, 0.3) is 17.0 Å². The van der Waals surface area contributed by atoms with Crippen LogP contribution < -0.4 is 0 Å². The fourth-order valence-electron chi connectivity index (χ4n) is 3.09. The monoisotopic (exact) mass is 453 g/mol. The van der Waals surface area contributed by atoms with Crippen LogP contribution in [0, 0.1) is 0 Å². The zero-order chi connectivity index (χ0) is 23.0. The Morgan fingerprint density at radius 1 is 1.29 bits per heavy atom. The van der Waals surface area contributed by atoms with E-state index in [9.17, 15) is 4.79 Å². The number of ether oxygens (including phenoxy) is 1. The fraction of sp³-hybridized carbons (Fsp3) is 0.231. The van der Waals surface area contributed by atoms with E-state index in [0.29, 0.717) is 16.2 Å². The molecule has 1 heterocycles. The summed E-state index contributed by atoms with van der Waals surface area (Å²) in [5.74, 6) is -0.387. The van der Waals surface area contributed by atoms with Gasteiger partial charge in [0.25, 0.3) is 0 Å². The minimum absolute atomic E-state index is 0.133. The molecule has 31 heavy (non-hydrogen) atoms. The van der Waals surface area contributed by atoms with Gasteiger partial charge in [-0.05, 0) is 62.1 Å². The Hall–Kier alpha value is -2.56. The van der Waals surface area contributed by atoms with Gasteiger partial charge in [-0.3, -0.25) is 0 Å². The first kappa shape index (κ1) is 24.7. The second-order valence-corrected chi connectivity index (χ2v) is 8.31. The molecule has 162 valence electrons. The Bertz CT molecular complexity index is 1080. The number of hydrogen-bond acceptors (Lipinski definition) is 4. The van der Waals surface area contributed by atoms with Gasteiger partial charge in [0.2, 0.25) is 0 Å². The van der Waals surface area contributed by atoms with Gasteiger partial charge in [-0.15, -0.1) is 0 Å². The standard InChI is InChI=1S/C26H28ClNO2S/c1-6-23(26(29)30-5)19(4)25(31)14-8-18(3)15-17(2)7-12-22-13-10-20-9-11-21(27)16-24(20)28-22/h6-7,9-13,15-16,25,31H,2,4,8,14H2,1,3,5H3. The highest BCUT2D eigenvalue weighted by Gasteiger charge is 2.18. The molecule has 0 N–H and O–H groups in total. The van der Waals surface area contributed by atoms with Crippen molar-refractivity contribution in [1.29, 1.82) is 0 Å². The first-order valence-corrected chi connectivity index (χ1v) is 10.9. The van der Waals surface area contributed by atoms with E-state index in [2.05, 4.69) is 37.7 Å². The predicted octanol–water partition coefficient (Wildman–Crippen LogP) is 7.16. The Kier molecular flexibility index (Phi) is 9.35. The minimum Gasteiger partial charge on any atom is -0.465 e. The van der Waals surface area contributed by atoms with Crippen molar-refractivity contribution in [2.24, 2.45) is 0 Å². The Morgan fingerprint density at radius 3 is 2.68 bits per heavy atom. The number of pyridine rings is 1. The molecule has 1 unspecified atom stereocenters. The van der Waals surface area contributed by atoms with E-state index in [1.54, 1.807) is 13.0 Å². The number of carbonyl (C=O) groups is 1. The number of allylic oxidation sites excluding steroid dienone is 5. The number of hydrogen-bond donors (Lipinski definition) is 1. The number of nitrogens with zero attached hydrogens (tertiary/aromatic N) is 1. The molecule has 0 aliphatic rings. The number of fused-ring (bicyclic) bond motifs is 1. The largest absolute Gasteiger partial charge is 0.465 e. The zero-order valence-electron chi connectivity index (χ0n) is 18.2. The van der Waals surface area contributed by atoms with Gasteiger partial charge in [0.1, 0.15) is 0 Å². The van der Waals surface area contributed by atoms with E-state index in [1.807, 2.05) is 48.6 Å². The third kappa shape index (κ3) is 7.27. The SMILES string of the molecule is C=C(C=Cc1ccc2ccc(Cl)cc2n1)C=C(C)CCC(S)C(=C)C(=CC)C(=O)OC. The highest BCUT2D eigenvalue weighted by Crippen LogP contribution is 2.24. The maximum atomic E-state index is 11.8. The summed E-state index contributed by atoms with van der Waals surface area (Å²) in [7, 11) is 1.36. The van der Waals surface area contributed by atoms with Crippen LogP contribution in [0.15, 0.2) is 84.0 Å². The molecule has 0 aliphatic heterocycles. The number of aromatic nitrogens is 1. The normalized spacial score (nSPS) is 13.5. The van der Waals surface area contributed by atoms with Crippen LogP contribution in [-0.4, -0.2) is 23.3 Å². The second kappa shape index (κ2) is 11.7. The summed E-state index contributed by atoms with van der Waals surface area (Å²) >= 11 is 10.7. The average molecular weight is 454 g/mol. The molecule has 1 atom stereocenters. The average Bonchev–Trinajstić information content (AvgIpc) is 2.75. The molecule has 2 aromatic rings. The van der Waals surface area contributed by atoms with E-state index in [0.717, 1.165) is 35.0 Å². The lowest BCUT2D eigenvalue weighted by atomic mass is 9.98. The topological polar surface area (TPSA) is 39.2 Å². The van der Waals surface area contributed by atoms with Gasteiger partial charge in [-0.2, -0.15) is 12.6 Å². The van der Waals surface area contributed by atoms with Gasteiger partial charge in [-0.25, -0.2) is 9.78 Å². The van der Waals surface area contributed by atoms with Crippen molar-refractivity contribution in [2.75, 3.05) is 7.11 Å². The number of benzene rings is 1. The lowest BCUT2D eigenvalue weighted by Crippen LogP contribution is -2.13. The molecule has 3 nitrogen and oxygen atoms in total. The lowest BCUT2D eigenvalue weighted by Gasteiger charge is -2.16. The Labute approximate surface area is 195 Å². The summed E-state index contributed by atoms with van der Waals surface area (Å²) in [6.07, 6.45) is 9.18. The molecule has 0 aliphatic carbocycles. The van der Waals surface area contributed by atoms with Gasteiger partial charge >= 0.3 is 5.97 Å². The maximum Gasteiger partial charge on any atom is 0.337 e. The van der Waals surface area contributed by atoms with E-state index < -0.39 is 0 Å². The van der Waals surface area contributed by atoms with Crippen molar-refractivity contribution in [3.8, 4) is 0 Å². The van der Waals surface area contributed by atoms with Crippen LogP contribution in [0.5, 0.6) is 0 Å². The molecular weight excluding hydrogens is 426 g/mol. The molecule has 0 spiro atoms. The van der Waals surface area contributed by atoms with E-state index in [1.165, 1.54) is 12.7 Å². The van der Waals surface area contributed by atoms with Gasteiger partial charge in [0.15, 0.2) is 0 Å². The smallest absolute Gasteiger partial charge is 0.337 e. The van der Waals surface area contributed by atoms with Crippen LogP contribution in [0.4, 0.5) is 0 Å². The third-order valence-corrected chi connectivity index (χ3v) is 5.63. The van der Waals surface area contributed by atoms with E-state index in [-0.39, 0.29) is 11.2 Å². The molecule has 0 saturated heterocycles. The number of halogens is 1. The minimum atomic E-state index is -0.387. The fourth-order valence-corrected chi connectivity index (χ4v) is 3.53. The molecule has 1 aromatic heterocycles. The Morgan fingerprint density at radius 2 is 2.00 bits per heavy atom. The number of carbonyl (C=O) groups excluding carboxylic acids is 1. The summed E-state index contributed by atoms with van der Waals surface area (Å²) in [4.78, 5) is 16.4. The first-order valence-electron chi connectivity index (χ1n) is 9.97. The molecule has 0 saturated carbocycles. The number of thiol groups is 1. The number of methoxy groups -OCH3 is 1. The molecule has 5 heteroatoms. The Balaban J connectivity index is 1.96. The third-order valence-electron chi connectivity index (χ3n) is 4.83. The quantitative estimate of drug-likeness (QED) is 0.189. The second-order valence-electron chi connectivity index (χ2n) is 7.25. The first-order chi connectivity index (χ1) is 14.7. The molecule has 2 rings (SSSR count). The van der Waals surface area contributed by atoms with Gasteiger partial charge in [0, 0.05) is 15.7 Å². The van der Waals surface area contributed by atoms with Crippen molar-refractivity contribution >= 4 is 47.2 Å². The highest BCUT2D eigenvalue weighted by molar-refractivity contribution is 7.81. The van der Waals surface area contributed by atoms with Gasteiger partial charge in [0.05, 0.1) is 23.9 Å². The van der Waals surface area contributed by atoms with Crippen LogP contribution in [-0.2, 0) is 9.53 Å². The molecule has 0 radical (unpaired) electrons. The van der Waals surface area contributed by atoms with Crippen molar-refractivity contribution < 1.29 is 9.53 Å². The lowest BCUT2D eigenvalue weighted by molar-refractivity contribution is -0.135. The highest BCUT2D eigenvalue weighted by atomic mass is 35.5. The molecule has 0 amide bonds. The van der Waals surface area contributed by atoms with Gasteiger partial charge < -0.3 is 4.74 Å². The van der Waals surface area contributed by atoms with Crippen LogP contribution in [0.1, 0.15) is 32.4 Å². The van der Waals surface area contributed by atoms with Crippen LogP contribution >= 0.6 is 24.2 Å². The van der Waals surface area contributed by atoms with Crippen molar-refractivity contribution in [2.45, 2.75) is 31.9 Å². The van der Waals surface area contributed by atoms with Crippen molar-refractivity contribution in [1.82, 2.24) is 4.98 Å². The molecule has 1 aromatic carbocycles. The summed E-state index contributed by atoms with van der Waals surface area (Å²) in [6, 6.07) is 9.66. The van der Waals surface area contributed by atoms with Crippen molar-refractivity contribution in [3.63, 3.8) is 0 Å². The summed E-state index contributed by atoms with van der Waals surface area (Å²) < 4.78 is 4.80. The van der Waals surface area contributed by atoms with Crippen molar-refractivity contribution in [3.05, 3.63) is 94.7 Å². The molecular formula is C26H28ClNO2S. The van der Waals surface area contributed by atoms with Crippen LogP contribution in [0.3, 0.4) is 0 Å². The maximum absolute atomic E-state index is 11.8. The van der Waals surface area contributed by atoms with Crippen LogP contribution in [0.2, 0.25) is 5.02 Å². The van der Waals surface area contributed by atoms with Gasteiger partial charge in [-0.1, -0.05) is 60.7 Å². The zero-order valence-corrected chi connectivity index (χ0v) is 19.8.